The van der Waals surface area contributed by atoms with Gasteiger partial charge in [-0.05, 0) is 30.0 Å². The number of hydrogen-bond acceptors (Lipinski definition) is 3. The van der Waals surface area contributed by atoms with Gasteiger partial charge in [-0.25, -0.2) is 9.89 Å². The lowest BCUT2D eigenvalue weighted by Crippen LogP contribution is -2.22. The van der Waals surface area contributed by atoms with E-state index in [9.17, 15) is 4.79 Å². The van der Waals surface area contributed by atoms with Gasteiger partial charge in [0.2, 0.25) is 0 Å². The summed E-state index contributed by atoms with van der Waals surface area (Å²) in [5.74, 6) is 1.18. The van der Waals surface area contributed by atoms with Crippen molar-refractivity contribution in [2.24, 2.45) is 5.92 Å². The third-order valence-electron chi connectivity index (χ3n) is 4.92. The molecule has 1 heterocycles. The molecule has 122 valence electrons. The molecular formula is C19H20N4O. The summed E-state index contributed by atoms with van der Waals surface area (Å²) in [7, 11) is 0. The molecule has 3 N–H and O–H groups in total. The Labute approximate surface area is 140 Å². The highest BCUT2D eigenvalue weighted by Crippen LogP contribution is 2.58. The van der Waals surface area contributed by atoms with E-state index in [0.717, 1.165) is 13.0 Å². The molecule has 1 atom stereocenters. The molecule has 0 aliphatic heterocycles. The minimum atomic E-state index is -0.263. The number of rotatable bonds is 6. The van der Waals surface area contributed by atoms with Crippen molar-refractivity contribution in [3.8, 4) is 0 Å². The van der Waals surface area contributed by atoms with Gasteiger partial charge in [0.05, 0.1) is 6.54 Å². The third kappa shape index (κ3) is 2.67. The first-order chi connectivity index (χ1) is 11.8. The first-order valence-electron chi connectivity index (χ1n) is 8.24. The first kappa shape index (κ1) is 14.9. The number of nitrogens with zero attached hydrogens (tertiary/aromatic N) is 1. The zero-order chi connectivity index (χ0) is 16.4. The van der Waals surface area contributed by atoms with Crippen LogP contribution in [0.15, 0.2) is 65.5 Å². The topological polar surface area (TPSA) is 73.6 Å². The van der Waals surface area contributed by atoms with Crippen molar-refractivity contribution >= 4 is 0 Å². The van der Waals surface area contributed by atoms with E-state index in [1.807, 2.05) is 0 Å². The number of nitrogens with one attached hydrogen (secondary N) is 3. The van der Waals surface area contributed by atoms with Crippen LogP contribution in [0.2, 0.25) is 0 Å². The van der Waals surface area contributed by atoms with E-state index in [1.54, 1.807) is 0 Å². The largest absolute Gasteiger partial charge is 0.340 e. The molecule has 4 rings (SSSR count). The van der Waals surface area contributed by atoms with E-state index in [1.165, 1.54) is 11.1 Å². The van der Waals surface area contributed by atoms with Crippen molar-refractivity contribution in [1.29, 1.82) is 0 Å². The third-order valence-corrected chi connectivity index (χ3v) is 4.92. The maximum absolute atomic E-state index is 11.1. The summed E-state index contributed by atoms with van der Waals surface area (Å²) in [6.07, 6.45) is 1.13. The Hall–Kier alpha value is -2.66. The van der Waals surface area contributed by atoms with E-state index in [2.05, 4.69) is 81.2 Å². The molecule has 1 saturated carbocycles. The summed E-state index contributed by atoms with van der Waals surface area (Å²) in [4.78, 5) is 13.7. The number of aromatic nitrogens is 3. The maximum Gasteiger partial charge on any atom is 0.340 e. The number of H-pyrrole nitrogens is 2. The van der Waals surface area contributed by atoms with Crippen molar-refractivity contribution in [3.05, 3.63) is 88.1 Å². The fourth-order valence-electron chi connectivity index (χ4n) is 3.67. The van der Waals surface area contributed by atoms with Gasteiger partial charge < -0.3 is 5.32 Å². The van der Waals surface area contributed by atoms with Gasteiger partial charge in [-0.2, -0.15) is 5.10 Å². The monoisotopic (exact) mass is 320 g/mol. The summed E-state index contributed by atoms with van der Waals surface area (Å²) in [6.45, 7) is 1.45. The van der Waals surface area contributed by atoms with Crippen LogP contribution in [0.25, 0.3) is 0 Å². The zero-order valence-electron chi connectivity index (χ0n) is 13.3. The minimum Gasteiger partial charge on any atom is -0.310 e. The van der Waals surface area contributed by atoms with Crippen LogP contribution in [-0.2, 0) is 12.0 Å². The number of hydrogen-bond donors (Lipinski definition) is 3. The molecule has 0 spiro atoms. The molecule has 1 unspecified atom stereocenters. The van der Waals surface area contributed by atoms with Gasteiger partial charge in [-0.1, -0.05) is 60.7 Å². The lowest BCUT2D eigenvalue weighted by atomic mass is 9.86. The Kier molecular flexibility index (Phi) is 3.78. The Balaban J connectivity index is 1.51. The van der Waals surface area contributed by atoms with Crippen molar-refractivity contribution < 1.29 is 0 Å². The van der Waals surface area contributed by atoms with Crippen LogP contribution in [-0.4, -0.2) is 21.7 Å². The highest BCUT2D eigenvalue weighted by molar-refractivity contribution is 5.47. The summed E-state index contributed by atoms with van der Waals surface area (Å²) in [5.41, 5.74) is 2.57. The number of aromatic amines is 2. The maximum atomic E-state index is 11.1. The molecule has 0 radical (unpaired) electrons. The van der Waals surface area contributed by atoms with Crippen molar-refractivity contribution in [1.82, 2.24) is 20.5 Å². The Morgan fingerprint density at radius 1 is 1.04 bits per heavy atom. The van der Waals surface area contributed by atoms with Crippen molar-refractivity contribution in [2.45, 2.75) is 18.4 Å². The predicted molar refractivity (Wildman–Crippen MR) is 92.7 cm³/mol. The fourth-order valence-corrected chi connectivity index (χ4v) is 3.67. The summed E-state index contributed by atoms with van der Waals surface area (Å²) in [6, 6.07) is 21.4. The molecular weight excluding hydrogens is 300 g/mol. The van der Waals surface area contributed by atoms with E-state index in [-0.39, 0.29) is 11.1 Å². The van der Waals surface area contributed by atoms with Gasteiger partial charge in [-0.3, -0.25) is 4.98 Å². The second kappa shape index (κ2) is 6.09. The second-order valence-electron chi connectivity index (χ2n) is 6.36. The molecule has 1 aliphatic rings. The minimum absolute atomic E-state index is 0.0918. The van der Waals surface area contributed by atoms with Crippen molar-refractivity contribution in [3.63, 3.8) is 0 Å². The fraction of sp³-hybridized carbons (Fsp3) is 0.263. The smallest absolute Gasteiger partial charge is 0.310 e. The predicted octanol–water partition coefficient (Wildman–Crippen LogP) is 2.19. The van der Waals surface area contributed by atoms with Crippen LogP contribution in [0.1, 0.15) is 23.4 Å². The van der Waals surface area contributed by atoms with Crippen molar-refractivity contribution in [2.75, 3.05) is 6.54 Å². The van der Waals surface area contributed by atoms with Crippen LogP contribution in [0.4, 0.5) is 0 Å². The average Bonchev–Trinajstić information content (AvgIpc) is 3.22. The van der Waals surface area contributed by atoms with Gasteiger partial charge in [-0.15, -0.1) is 0 Å². The lowest BCUT2D eigenvalue weighted by molar-refractivity contribution is 0.582. The SMILES string of the molecule is O=c1[nH]nc(CNCC2CC2(c2ccccc2)c2ccccc2)[nH]1. The van der Waals surface area contributed by atoms with Gasteiger partial charge in [0, 0.05) is 5.41 Å². The lowest BCUT2D eigenvalue weighted by Gasteiger charge is -2.19. The van der Waals surface area contributed by atoms with Gasteiger partial charge in [0.15, 0.2) is 0 Å². The molecule has 1 aliphatic carbocycles. The molecule has 2 aromatic carbocycles. The molecule has 1 aromatic heterocycles. The number of benzene rings is 2. The second-order valence-corrected chi connectivity index (χ2v) is 6.36. The van der Waals surface area contributed by atoms with E-state index in [0.29, 0.717) is 18.3 Å². The highest BCUT2D eigenvalue weighted by atomic mass is 16.1. The van der Waals surface area contributed by atoms with E-state index < -0.39 is 0 Å². The van der Waals surface area contributed by atoms with Crippen LogP contribution >= 0.6 is 0 Å². The first-order valence-corrected chi connectivity index (χ1v) is 8.24. The normalized spacial score (nSPS) is 18.4. The molecule has 5 nitrogen and oxygen atoms in total. The molecule has 0 saturated heterocycles. The summed E-state index contributed by atoms with van der Waals surface area (Å²) < 4.78 is 0. The Morgan fingerprint density at radius 3 is 2.21 bits per heavy atom. The molecule has 3 aromatic rings. The van der Waals surface area contributed by atoms with E-state index in [4.69, 9.17) is 0 Å². The van der Waals surface area contributed by atoms with Gasteiger partial charge >= 0.3 is 5.69 Å². The highest BCUT2D eigenvalue weighted by Gasteiger charge is 2.55. The zero-order valence-corrected chi connectivity index (χ0v) is 13.3. The van der Waals surface area contributed by atoms with Crippen LogP contribution in [0.5, 0.6) is 0 Å². The average molecular weight is 320 g/mol. The molecule has 5 heteroatoms. The van der Waals surface area contributed by atoms with Crippen LogP contribution < -0.4 is 11.0 Å². The standard InChI is InChI=1S/C19H20N4O/c24-18-21-17(22-23-18)13-20-12-16-11-19(16,14-7-3-1-4-8-14)15-9-5-2-6-10-15/h1-10,16,20H,11-13H2,(H2,21,22,23,24). The summed E-state index contributed by atoms with van der Waals surface area (Å²) in [5, 5.41) is 9.74. The molecule has 0 bridgehead atoms. The van der Waals surface area contributed by atoms with Crippen LogP contribution in [0.3, 0.4) is 0 Å². The van der Waals surface area contributed by atoms with E-state index >= 15 is 0 Å². The van der Waals surface area contributed by atoms with Crippen LogP contribution in [0, 0.1) is 5.92 Å². The quantitative estimate of drug-likeness (QED) is 0.652. The molecule has 1 fully saturated rings. The molecule has 0 amide bonds. The van der Waals surface area contributed by atoms with Gasteiger partial charge in [0.1, 0.15) is 5.82 Å². The summed E-state index contributed by atoms with van der Waals surface area (Å²) >= 11 is 0. The van der Waals surface area contributed by atoms with Gasteiger partial charge in [0.25, 0.3) is 0 Å². The Bertz CT molecular complexity index is 814. The Morgan fingerprint density at radius 2 is 1.67 bits per heavy atom. The molecule has 24 heavy (non-hydrogen) atoms.